The van der Waals surface area contributed by atoms with Crippen molar-refractivity contribution in [3.05, 3.63) is 0 Å². The first-order chi connectivity index (χ1) is 6.95. The van der Waals surface area contributed by atoms with Crippen LogP contribution in [0.2, 0.25) is 36.3 Å². The van der Waals surface area contributed by atoms with Gasteiger partial charge in [0.1, 0.15) is 0 Å². The molecule has 0 aromatic rings. The highest BCUT2D eigenvalue weighted by Gasteiger charge is 2.33. The van der Waals surface area contributed by atoms with Crippen LogP contribution < -0.4 is 0 Å². The van der Waals surface area contributed by atoms with Gasteiger partial charge >= 0.3 is 0 Å². The van der Waals surface area contributed by atoms with Gasteiger partial charge in [-0.3, -0.25) is 0 Å². The highest BCUT2D eigenvalue weighted by atomic mass is 28.4. The first-order valence-corrected chi connectivity index (χ1v) is 11.3. The third-order valence-corrected chi connectivity index (χ3v) is 11.4. The Balaban J connectivity index is 3.96. The smallest absolute Gasteiger partial charge is 0.246 e. The van der Waals surface area contributed by atoms with E-state index in [2.05, 4.69) is 0 Å². The lowest BCUT2D eigenvalue weighted by molar-refractivity contribution is 0.709. The molecule has 92 valence electrons. The summed E-state index contributed by atoms with van der Waals surface area (Å²) in [5, 5.41) is 0. The van der Waals surface area contributed by atoms with Crippen LogP contribution >= 0.6 is 0 Å². The monoisotopic (exact) mass is 252 g/mol. The molecule has 0 bridgehead atoms. The summed E-state index contributed by atoms with van der Waals surface area (Å²) < 4.78 is 28.1. The first kappa shape index (κ1) is 15.3. The third kappa shape index (κ3) is 5.25. The molecule has 0 fully saturated rings. The van der Waals surface area contributed by atoms with Crippen LogP contribution in [0.3, 0.4) is 0 Å². The van der Waals surface area contributed by atoms with E-state index in [1.807, 2.05) is 27.7 Å². The molecule has 0 radical (unpaired) electrons. The molecule has 0 saturated heterocycles. The topological polar surface area (TPSA) is 0 Å². The van der Waals surface area contributed by atoms with Crippen molar-refractivity contribution in [2.24, 2.45) is 0 Å². The second-order valence-corrected chi connectivity index (χ2v) is 13.0. The molecule has 0 aliphatic heterocycles. The Morgan fingerprint density at radius 3 is 1.13 bits per heavy atom. The Morgan fingerprint density at radius 2 is 0.933 bits per heavy atom. The van der Waals surface area contributed by atoms with Crippen molar-refractivity contribution in [1.82, 2.24) is 0 Å². The maximum absolute atomic E-state index is 14.1. The summed E-state index contributed by atoms with van der Waals surface area (Å²) in [6.45, 7) is 7.76. The zero-order valence-corrected chi connectivity index (χ0v) is 12.7. The Hall–Kier alpha value is 0.294. The van der Waals surface area contributed by atoms with E-state index in [0.717, 1.165) is 6.42 Å². The van der Waals surface area contributed by atoms with E-state index in [1.165, 1.54) is 0 Å². The van der Waals surface area contributed by atoms with Crippen molar-refractivity contribution in [2.45, 2.75) is 70.4 Å². The maximum atomic E-state index is 14.1. The van der Waals surface area contributed by atoms with Crippen molar-refractivity contribution in [2.75, 3.05) is 0 Å². The summed E-state index contributed by atoms with van der Waals surface area (Å²) >= 11 is 0. The zero-order chi connectivity index (χ0) is 11.9. The van der Waals surface area contributed by atoms with Crippen LogP contribution in [-0.2, 0) is 0 Å². The number of halogens is 2. The van der Waals surface area contributed by atoms with Crippen molar-refractivity contribution in [3.63, 3.8) is 0 Å². The van der Waals surface area contributed by atoms with Crippen molar-refractivity contribution in [3.8, 4) is 0 Å². The van der Waals surface area contributed by atoms with Crippen molar-refractivity contribution >= 4 is 16.8 Å². The van der Waals surface area contributed by atoms with Crippen LogP contribution in [0.5, 0.6) is 0 Å². The van der Waals surface area contributed by atoms with Gasteiger partial charge in [0.15, 0.2) is 0 Å². The molecule has 0 unspecified atom stereocenters. The summed E-state index contributed by atoms with van der Waals surface area (Å²) in [4.78, 5) is 0. The van der Waals surface area contributed by atoms with Gasteiger partial charge in [-0.15, -0.1) is 0 Å². The lowest BCUT2D eigenvalue weighted by Gasteiger charge is -2.22. The van der Waals surface area contributed by atoms with Crippen LogP contribution in [-0.4, -0.2) is 16.8 Å². The normalized spacial score (nSPS) is 13.2. The molecule has 0 aliphatic carbocycles. The van der Waals surface area contributed by atoms with E-state index >= 15 is 0 Å². The average molecular weight is 252 g/mol. The minimum Gasteiger partial charge on any atom is -0.314 e. The SMILES string of the molecule is CC[Si](F)(CC)CCC[Si](F)(CC)CC. The van der Waals surface area contributed by atoms with Gasteiger partial charge in [0.05, 0.1) is 0 Å². The molecule has 0 spiro atoms. The number of rotatable bonds is 8. The lowest BCUT2D eigenvalue weighted by atomic mass is 10.6. The Bertz CT molecular complexity index is 148. The van der Waals surface area contributed by atoms with Gasteiger partial charge in [-0.25, -0.2) is 0 Å². The molecular formula is C11H26F2Si2. The lowest BCUT2D eigenvalue weighted by Crippen LogP contribution is -2.29. The highest BCUT2D eigenvalue weighted by molar-refractivity contribution is 6.74. The van der Waals surface area contributed by atoms with Gasteiger partial charge in [0.2, 0.25) is 16.8 Å². The van der Waals surface area contributed by atoms with Gasteiger partial charge in [-0.2, -0.15) is 0 Å². The summed E-state index contributed by atoms with van der Waals surface area (Å²) in [6.07, 6.45) is 0.787. The molecule has 0 heterocycles. The maximum Gasteiger partial charge on any atom is 0.246 e. The van der Waals surface area contributed by atoms with Crippen molar-refractivity contribution in [1.29, 1.82) is 0 Å². The van der Waals surface area contributed by atoms with Crippen LogP contribution in [0.4, 0.5) is 8.22 Å². The fraction of sp³-hybridized carbons (Fsp3) is 1.00. The van der Waals surface area contributed by atoms with Gasteiger partial charge in [0.25, 0.3) is 0 Å². The van der Waals surface area contributed by atoms with Crippen LogP contribution in [0, 0.1) is 0 Å². The van der Waals surface area contributed by atoms with Crippen LogP contribution in [0.1, 0.15) is 34.1 Å². The molecule has 0 aromatic heterocycles. The Labute approximate surface area is 95.8 Å². The molecule has 4 heteroatoms. The van der Waals surface area contributed by atoms with Gasteiger partial charge in [0, 0.05) is 0 Å². The van der Waals surface area contributed by atoms with Crippen molar-refractivity contribution < 1.29 is 8.22 Å². The Morgan fingerprint density at radius 1 is 0.667 bits per heavy atom. The molecule has 0 nitrogen and oxygen atoms in total. The van der Waals surface area contributed by atoms with E-state index in [1.54, 1.807) is 0 Å². The molecule has 0 atom stereocenters. The molecule has 0 rings (SSSR count). The second kappa shape index (κ2) is 6.79. The van der Waals surface area contributed by atoms with Gasteiger partial charge < -0.3 is 8.22 Å². The van der Waals surface area contributed by atoms with Gasteiger partial charge in [-0.1, -0.05) is 34.1 Å². The first-order valence-electron chi connectivity index (χ1n) is 6.33. The summed E-state index contributed by atoms with van der Waals surface area (Å²) in [7, 11) is -4.93. The zero-order valence-electron chi connectivity index (χ0n) is 10.7. The molecule has 0 N–H and O–H groups in total. The van der Waals surface area contributed by atoms with E-state index in [4.69, 9.17) is 0 Å². The summed E-state index contributed by atoms with van der Waals surface area (Å²) in [6, 6.07) is 4.15. The fourth-order valence-corrected chi connectivity index (χ4v) is 6.32. The predicted molar refractivity (Wildman–Crippen MR) is 69.9 cm³/mol. The third-order valence-electron chi connectivity index (χ3n) is 3.78. The fourth-order valence-electron chi connectivity index (χ4n) is 1.93. The van der Waals surface area contributed by atoms with Crippen LogP contribution in [0.25, 0.3) is 0 Å². The molecule has 15 heavy (non-hydrogen) atoms. The van der Waals surface area contributed by atoms with E-state index in [-0.39, 0.29) is 0 Å². The standard InChI is InChI=1S/C11H26F2Si2/c1-5-14(12,6-2)10-9-11-15(13,7-3)8-4/h5-11H2,1-4H3. The molecule has 0 saturated carbocycles. The summed E-state index contributed by atoms with van der Waals surface area (Å²) in [5.41, 5.74) is 0. The van der Waals surface area contributed by atoms with Crippen LogP contribution in [0.15, 0.2) is 0 Å². The number of hydrogen-bond acceptors (Lipinski definition) is 0. The van der Waals surface area contributed by atoms with Gasteiger partial charge in [-0.05, 0) is 36.3 Å². The average Bonchev–Trinajstić information content (AvgIpc) is 2.28. The predicted octanol–water partition coefficient (Wildman–Crippen LogP) is 5.29. The number of hydrogen-bond donors (Lipinski definition) is 0. The minimum absolute atomic E-state index is 0.679. The molecule has 0 amide bonds. The highest BCUT2D eigenvalue weighted by Crippen LogP contribution is 2.29. The minimum atomic E-state index is -2.47. The molecule has 0 aliphatic rings. The Kier molecular flexibility index (Phi) is 6.92. The van der Waals surface area contributed by atoms with E-state index < -0.39 is 16.8 Å². The van der Waals surface area contributed by atoms with E-state index in [9.17, 15) is 8.22 Å². The molecule has 0 aromatic carbocycles. The largest absolute Gasteiger partial charge is 0.314 e. The molecular weight excluding hydrogens is 226 g/mol. The quantitative estimate of drug-likeness (QED) is 0.407. The van der Waals surface area contributed by atoms with E-state index in [0.29, 0.717) is 36.3 Å². The second-order valence-electron chi connectivity index (χ2n) is 4.57. The summed E-state index contributed by atoms with van der Waals surface area (Å²) in [5.74, 6) is 0.